The predicted molar refractivity (Wildman–Crippen MR) is 168 cm³/mol. The van der Waals surface area contributed by atoms with E-state index < -0.39 is 5.97 Å². The third-order valence-electron chi connectivity index (χ3n) is 9.70. The Morgan fingerprint density at radius 1 is 1.05 bits per heavy atom. The molecule has 2 unspecified atom stereocenters. The van der Waals surface area contributed by atoms with Crippen LogP contribution in [-0.2, 0) is 11.4 Å². The van der Waals surface area contributed by atoms with E-state index in [1.54, 1.807) is 11.3 Å². The number of benzene rings is 2. The van der Waals surface area contributed by atoms with Crippen molar-refractivity contribution in [2.45, 2.75) is 52.6 Å². The van der Waals surface area contributed by atoms with E-state index >= 15 is 0 Å². The van der Waals surface area contributed by atoms with Crippen molar-refractivity contribution in [1.82, 2.24) is 9.88 Å². The number of ether oxygens (including phenoxy) is 1. The first-order valence-corrected chi connectivity index (χ1v) is 16.3. The molecule has 0 radical (unpaired) electrons. The van der Waals surface area contributed by atoms with Gasteiger partial charge >= 0.3 is 5.97 Å². The highest BCUT2D eigenvalue weighted by atomic mass is 32.1. The molecule has 3 aliphatic rings. The van der Waals surface area contributed by atoms with Crippen LogP contribution in [0.3, 0.4) is 0 Å². The van der Waals surface area contributed by atoms with Crippen LogP contribution in [0.1, 0.15) is 59.2 Å². The lowest BCUT2D eigenvalue weighted by molar-refractivity contribution is -0.138. The molecule has 2 N–H and O–H groups in total. The summed E-state index contributed by atoms with van der Waals surface area (Å²) >= 11 is 1.64. The van der Waals surface area contributed by atoms with Crippen LogP contribution in [-0.4, -0.2) is 64.8 Å². The minimum absolute atomic E-state index is 0.0512. The van der Waals surface area contributed by atoms with Crippen molar-refractivity contribution in [2.24, 2.45) is 23.7 Å². The lowest BCUT2D eigenvalue weighted by atomic mass is 9.83. The van der Waals surface area contributed by atoms with Crippen molar-refractivity contribution in [3.05, 3.63) is 64.0 Å². The SMILES string of the molecule is Cc1ccc(OCc2ccc(C(=O)N3CCC(CCO)C3)cc2C)c(-c2csc(N3C[C@H]4CC[C@@H](C3)C4CC(=O)O)n2)c1. The fourth-order valence-electron chi connectivity index (χ4n) is 7.29. The molecular weight excluding hydrogens is 562 g/mol. The Labute approximate surface area is 257 Å². The lowest BCUT2D eigenvalue weighted by Gasteiger charge is -2.37. The fourth-order valence-corrected chi connectivity index (χ4v) is 8.14. The van der Waals surface area contributed by atoms with Crippen LogP contribution < -0.4 is 9.64 Å². The first kappa shape index (κ1) is 29.6. The van der Waals surface area contributed by atoms with Gasteiger partial charge in [-0.25, -0.2) is 4.98 Å². The maximum atomic E-state index is 13.1. The van der Waals surface area contributed by atoms with E-state index in [2.05, 4.69) is 23.3 Å². The zero-order valence-electron chi connectivity index (χ0n) is 25.0. The van der Waals surface area contributed by atoms with Gasteiger partial charge in [0.1, 0.15) is 12.4 Å². The summed E-state index contributed by atoms with van der Waals surface area (Å²) in [5.41, 5.74) is 5.72. The molecule has 43 heavy (non-hydrogen) atoms. The summed E-state index contributed by atoms with van der Waals surface area (Å²) in [6.45, 7) is 7.84. The van der Waals surface area contributed by atoms with Crippen LogP contribution in [0.25, 0.3) is 11.3 Å². The fraction of sp³-hybridized carbons (Fsp3) is 0.500. The van der Waals surface area contributed by atoms with Gasteiger partial charge in [-0.05, 0) is 98.6 Å². The largest absolute Gasteiger partial charge is 0.488 e. The van der Waals surface area contributed by atoms with Crippen molar-refractivity contribution in [1.29, 1.82) is 0 Å². The molecule has 8 nitrogen and oxygen atoms in total. The zero-order valence-corrected chi connectivity index (χ0v) is 25.8. The molecule has 9 heteroatoms. The van der Waals surface area contributed by atoms with E-state index in [1.807, 2.05) is 42.2 Å². The maximum Gasteiger partial charge on any atom is 0.303 e. The number of thiazole rings is 1. The third kappa shape index (κ3) is 6.43. The van der Waals surface area contributed by atoms with E-state index in [0.717, 1.165) is 84.1 Å². The zero-order chi connectivity index (χ0) is 30.1. The Morgan fingerprint density at radius 2 is 1.84 bits per heavy atom. The second kappa shape index (κ2) is 12.7. The highest BCUT2D eigenvalue weighted by Gasteiger charge is 2.43. The number of aromatic nitrogens is 1. The predicted octanol–water partition coefficient (Wildman–Crippen LogP) is 5.79. The third-order valence-corrected chi connectivity index (χ3v) is 10.6. The number of aliphatic hydroxyl groups excluding tert-OH is 1. The van der Waals surface area contributed by atoms with Gasteiger partial charge in [0.05, 0.1) is 5.69 Å². The summed E-state index contributed by atoms with van der Waals surface area (Å²) in [6, 6.07) is 12.0. The quantitative estimate of drug-likeness (QED) is 0.303. The molecule has 0 spiro atoms. The Hall–Kier alpha value is -3.43. The number of aryl methyl sites for hydroxylation is 2. The number of nitrogens with zero attached hydrogens (tertiary/aromatic N) is 3. The summed E-state index contributed by atoms with van der Waals surface area (Å²) < 4.78 is 6.38. The van der Waals surface area contributed by atoms with Gasteiger partial charge in [0.2, 0.25) is 0 Å². The van der Waals surface area contributed by atoms with Crippen LogP contribution >= 0.6 is 11.3 Å². The van der Waals surface area contributed by atoms with Gasteiger partial charge in [0.15, 0.2) is 5.13 Å². The number of fused-ring (bicyclic) bond motifs is 2. The number of hydrogen-bond donors (Lipinski definition) is 2. The van der Waals surface area contributed by atoms with Crippen molar-refractivity contribution < 1.29 is 24.5 Å². The molecule has 1 aliphatic carbocycles. The number of carboxylic acids is 1. The number of amides is 1. The van der Waals surface area contributed by atoms with Crippen molar-refractivity contribution >= 4 is 28.3 Å². The molecule has 2 bridgehead atoms. The molecule has 3 fully saturated rings. The van der Waals surface area contributed by atoms with Gasteiger partial charge in [-0.15, -0.1) is 11.3 Å². The number of aliphatic hydroxyl groups is 1. The number of carbonyl (C=O) groups is 2. The molecule has 4 atom stereocenters. The van der Waals surface area contributed by atoms with E-state index in [0.29, 0.717) is 36.5 Å². The van der Waals surface area contributed by atoms with Gasteiger partial charge < -0.3 is 24.7 Å². The first-order chi connectivity index (χ1) is 20.8. The summed E-state index contributed by atoms with van der Waals surface area (Å²) in [6.07, 6.45) is 4.18. The lowest BCUT2D eigenvalue weighted by Crippen LogP contribution is -2.42. The number of carbonyl (C=O) groups excluding carboxylic acids is 1. The molecule has 3 aromatic rings. The monoisotopic (exact) mass is 603 g/mol. The minimum Gasteiger partial charge on any atom is -0.488 e. The number of likely N-dealkylation sites (tertiary alicyclic amines) is 1. The minimum atomic E-state index is -0.687. The van der Waals surface area contributed by atoms with Gasteiger partial charge in [0.25, 0.3) is 5.91 Å². The van der Waals surface area contributed by atoms with E-state index in [4.69, 9.17) is 9.72 Å². The highest BCUT2D eigenvalue weighted by molar-refractivity contribution is 7.14. The van der Waals surface area contributed by atoms with Gasteiger partial charge in [-0.3, -0.25) is 9.59 Å². The second-order valence-electron chi connectivity index (χ2n) is 12.6. The molecule has 1 saturated carbocycles. The summed E-state index contributed by atoms with van der Waals surface area (Å²) in [5, 5.41) is 21.7. The van der Waals surface area contributed by atoms with Gasteiger partial charge in [0, 0.05) is 55.7 Å². The molecule has 2 saturated heterocycles. The molecular formula is C34H41N3O5S. The number of aliphatic carboxylic acids is 1. The standard InChI is InChI=1S/C34H41N3O5S/c1-21-3-8-31(42-19-27-7-4-24(14-22(27)2)33(41)36-11-9-23(16-36)10-12-38)29(13-21)30-20-43-34(35-30)37-17-25-5-6-26(18-37)28(25)15-32(39)40/h3-4,7-8,13-14,20,23,25-26,28,38H,5-6,9-12,15-19H2,1-2H3,(H,39,40)/t23?,25-,26+,28?. The molecule has 1 aromatic heterocycles. The number of piperidine rings is 1. The summed E-state index contributed by atoms with van der Waals surface area (Å²) in [4.78, 5) is 33.8. The average molecular weight is 604 g/mol. The number of rotatable bonds is 10. The van der Waals surface area contributed by atoms with Gasteiger partial charge in [-0.1, -0.05) is 17.7 Å². The smallest absolute Gasteiger partial charge is 0.303 e. The van der Waals surface area contributed by atoms with Crippen molar-refractivity contribution in [3.8, 4) is 17.0 Å². The molecule has 2 aliphatic heterocycles. The van der Waals surface area contributed by atoms with Crippen molar-refractivity contribution in [3.63, 3.8) is 0 Å². The Morgan fingerprint density at radius 3 is 2.56 bits per heavy atom. The molecule has 2 aromatic carbocycles. The molecule has 228 valence electrons. The van der Waals surface area contributed by atoms with Crippen LogP contribution in [0, 0.1) is 37.5 Å². The Bertz CT molecular complexity index is 1470. The molecule has 6 rings (SSSR count). The Kier molecular flexibility index (Phi) is 8.73. The van der Waals surface area contributed by atoms with Crippen LogP contribution in [0.4, 0.5) is 5.13 Å². The van der Waals surface area contributed by atoms with Crippen LogP contribution in [0.2, 0.25) is 0 Å². The van der Waals surface area contributed by atoms with Crippen molar-refractivity contribution in [2.75, 3.05) is 37.7 Å². The van der Waals surface area contributed by atoms with E-state index in [9.17, 15) is 19.8 Å². The van der Waals surface area contributed by atoms with E-state index in [-0.39, 0.29) is 24.9 Å². The van der Waals surface area contributed by atoms with E-state index in [1.165, 1.54) is 0 Å². The number of anilines is 1. The topological polar surface area (TPSA) is 103 Å². The first-order valence-electron chi connectivity index (χ1n) is 15.4. The average Bonchev–Trinajstić information content (AvgIpc) is 3.71. The maximum absolute atomic E-state index is 13.1. The van der Waals surface area contributed by atoms with Crippen LogP contribution in [0.5, 0.6) is 5.75 Å². The van der Waals surface area contributed by atoms with Crippen LogP contribution in [0.15, 0.2) is 41.8 Å². The number of hydrogen-bond acceptors (Lipinski definition) is 7. The second-order valence-corrected chi connectivity index (χ2v) is 13.5. The van der Waals surface area contributed by atoms with Gasteiger partial charge in [-0.2, -0.15) is 0 Å². The Balaban J connectivity index is 1.13. The summed E-state index contributed by atoms with van der Waals surface area (Å²) in [5.74, 6) is 1.64. The molecule has 3 heterocycles. The number of carboxylic acid groups (broad SMARTS) is 1. The highest BCUT2D eigenvalue weighted by Crippen LogP contribution is 2.46. The normalized spacial score (nSPS) is 23.1. The molecule has 1 amide bonds. The summed E-state index contributed by atoms with van der Waals surface area (Å²) in [7, 11) is 0.